The lowest BCUT2D eigenvalue weighted by atomic mass is 9.93. The van der Waals surface area contributed by atoms with Gasteiger partial charge in [0.25, 0.3) is 0 Å². The van der Waals surface area contributed by atoms with Crippen LogP contribution in [0.3, 0.4) is 0 Å². The Bertz CT molecular complexity index is 922. The lowest BCUT2D eigenvalue weighted by Crippen LogP contribution is -2.49. The first-order valence-electron chi connectivity index (χ1n) is 12.4. The summed E-state index contributed by atoms with van der Waals surface area (Å²) in [5.41, 5.74) is 5.88. The predicted octanol–water partition coefficient (Wildman–Crippen LogP) is 3.60. The largest absolute Gasteiger partial charge is 0.382 e. The molecule has 1 saturated heterocycles. The van der Waals surface area contributed by atoms with Crippen molar-refractivity contribution >= 4 is 11.3 Å². The van der Waals surface area contributed by atoms with E-state index in [1.807, 2.05) is 0 Å². The third kappa shape index (κ3) is 5.28. The van der Waals surface area contributed by atoms with Gasteiger partial charge in [-0.15, -0.1) is 6.58 Å². The Kier molecular flexibility index (Phi) is 9.44. The molecular weight excluding hydrogens is 436 g/mol. The van der Waals surface area contributed by atoms with Crippen LogP contribution in [-0.4, -0.2) is 63.9 Å². The third-order valence-electron chi connectivity index (χ3n) is 6.24. The van der Waals surface area contributed by atoms with E-state index in [-0.39, 0.29) is 6.61 Å². The Morgan fingerprint density at radius 2 is 1.74 bits per heavy atom. The van der Waals surface area contributed by atoms with E-state index in [0.717, 1.165) is 38.5 Å². The first-order chi connectivity index (χ1) is 16.5. The van der Waals surface area contributed by atoms with E-state index >= 15 is 0 Å². The van der Waals surface area contributed by atoms with Gasteiger partial charge in [-0.2, -0.15) is 5.10 Å². The summed E-state index contributed by atoms with van der Waals surface area (Å²) >= 11 is 0. The summed E-state index contributed by atoms with van der Waals surface area (Å²) in [5.74, 6) is -1.57. The van der Waals surface area contributed by atoms with Crippen LogP contribution in [0.15, 0.2) is 31.1 Å². The van der Waals surface area contributed by atoms with Gasteiger partial charge in [0.1, 0.15) is 35.3 Å². The lowest BCUT2D eigenvalue weighted by Gasteiger charge is -2.32. The van der Waals surface area contributed by atoms with Crippen LogP contribution < -0.4 is 5.73 Å². The van der Waals surface area contributed by atoms with Crippen molar-refractivity contribution in [2.24, 2.45) is 0 Å². The van der Waals surface area contributed by atoms with Gasteiger partial charge in [0.05, 0.1) is 6.61 Å². The summed E-state index contributed by atoms with van der Waals surface area (Å²) in [5, 5.41) is 16.5. The molecular formula is C25H40N4O5. The molecule has 9 nitrogen and oxygen atoms in total. The molecule has 2 aromatic rings. The standard InChI is InChI=1S/C25H40N4O5/c1-5-9-14-31-17-24(8-4)21(32-15-10-6-2)22(33-16-11-7-3)25(30,34-24)20-13-12-19-23(26)27-18-28-29(19)20/h8,12-13,18,21-22,30H,4-7,9-11,14-17H2,1-3H3,(H2,26,27,28)/t21-,22+,24+,25?/m0/s1. The molecule has 3 N–H and O–H groups in total. The van der Waals surface area contributed by atoms with Gasteiger partial charge < -0.3 is 29.8 Å². The summed E-state index contributed by atoms with van der Waals surface area (Å²) in [6.07, 6.45) is 7.14. The van der Waals surface area contributed by atoms with E-state index in [9.17, 15) is 5.11 Å². The molecule has 9 heteroatoms. The number of rotatable bonds is 15. The Morgan fingerprint density at radius 3 is 2.38 bits per heavy atom. The summed E-state index contributed by atoms with van der Waals surface area (Å²) in [6, 6.07) is 3.49. The Morgan fingerprint density at radius 1 is 1.09 bits per heavy atom. The van der Waals surface area contributed by atoms with Crippen molar-refractivity contribution in [1.82, 2.24) is 14.6 Å². The first-order valence-corrected chi connectivity index (χ1v) is 12.4. The molecule has 1 aliphatic rings. The molecule has 0 aromatic carbocycles. The minimum absolute atomic E-state index is 0.184. The van der Waals surface area contributed by atoms with Crippen molar-refractivity contribution in [2.45, 2.75) is 82.9 Å². The number of fused-ring (bicyclic) bond motifs is 1. The average molecular weight is 477 g/mol. The highest BCUT2D eigenvalue weighted by Crippen LogP contribution is 2.47. The number of aliphatic hydroxyl groups is 1. The van der Waals surface area contributed by atoms with Gasteiger partial charge in [0.15, 0.2) is 5.82 Å². The van der Waals surface area contributed by atoms with Gasteiger partial charge in [-0.3, -0.25) is 0 Å². The second kappa shape index (κ2) is 12.1. The Hall–Kier alpha value is -2.04. The van der Waals surface area contributed by atoms with Gasteiger partial charge in [-0.1, -0.05) is 46.1 Å². The van der Waals surface area contributed by atoms with Gasteiger partial charge in [-0.25, -0.2) is 9.50 Å². The molecule has 190 valence electrons. The second-order valence-electron chi connectivity index (χ2n) is 8.81. The maximum absolute atomic E-state index is 12.1. The second-order valence-corrected chi connectivity index (χ2v) is 8.81. The first kappa shape index (κ1) is 26.6. The number of nitrogen functional groups attached to an aromatic ring is 1. The molecule has 3 heterocycles. The van der Waals surface area contributed by atoms with Gasteiger partial charge in [-0.05, 0) is 31.4 Å². The fraction of sp³-hybridized carbons (Fsp3) is 0.680. The molecule has 0 amide bonds. The molecule has 0 radical (unpaired) electrons. The zero-order valence-electron chi connectivity index (χ0n) is 20.7. The predicted molar refractivity (Wildman–Crippen MR) is 130 cm³/mol. The fourth-order valence-corrected chi connectivity index (χ4v) is 4.23. The number of hydrogen-bond donors (Lipinski definition) is 2. The topological polar surface area (TPSA) is 113 Å². The van der Waals surface area contributed by atoms with Gasteiger partial charge in [0.2, 0.25) is 5.79 Å². The molecule has 0 aliphatic carbocycles. The molecule has 1 fully saturated rings. The lowest BCUT2D eigenvalue weighted by molar-refractivity contribution is -0.266. The Labute approximate surface area is 202 Å². The van der Waals surface area contributed by atoms with Crippen molar-refractivity contribution in [3.8, 4) is 0 Å². The number of nitrogens with two attached hydrogens (primary N) is 1. The SMILES string of the molecule is C=C[C@]1(COCCCC)OC(O)(c2ccc3c(N)ncnn23)[C@H](OCCCC)[C@@H]1OCCCC. The molecule has 34 heavy (non-hydrogen) atoms. The minimum atomic E-state index is -1.87. The summed E-state index contributed by atoms with van der Waals surface area (Å²) in [4.78, 5) is 4.05. The van der Waals surface area contributed by atoms with Crippen LogP contribution in [0.4, 0.5) is 5.82 Å². The van der Waals surface area contributed by atoms with E-state index < -0.39 is 23.6 Å². The summed E-state index contributed by atoms with van der Waals surface area (Å²) in [6.45, 7) is 12.1. The van der Waals surface area contributed by atoms with Crippen LogP contribution in [0.2, 0.25) is 0 Å². The third-order valence-corrected chi connectivity index (χ3v) is 6.24. The normalized spacial score (nSPS) is 26.9. The quantitative estimate of drug-likeness (QED) is 0.296. The zero-order valence-corrected chi connectivity index (χ0v) is 20.7. The molecule has 1 aliphatic heterocycles. The van der Waals surface area contributed by atoms with Crippen LogP contribution >= 0.6 is 0 Å². The highest BCUT2D eigenvalue weighted by atomic mass is 16.7. The zero-order chi connectivity index (χ0) is 24.6. The summed E-state index contributed by atoms with van der Waals surface area (Å²) in [7, 11) is 0. The van der Waals surface area contributed by atoms with Crippen LogP contribution in [0.1, 0.15) is 65.0 Å². The summed E-state index contributed by atoms with van der Waals surface area (Å²) < 4.78 is 26.7. The van der Waals surface area contributed by atoms with Crippen LogP contribution in [0, 0.1) is 0 Å². The fourth-order valence-electron chi connectivity index (χ4n) is 4.23. The number of anilines is 1. The van der Waals surface area contributed by atoms with Crippen LogP contribution in [-0.2, 0) is 24.7 Å². The number of ether oxygens (including phenoxy) is 4. The van der Waals surface area contributed by atoms with Gasteiger partial charge in [0, 0.05) is 19.8 Å². The maximum Gasteiger partial charge on any atom is 0.240 e. The smallest absolute Gasteiger partial charge is 0.240 e. The Balaban J connectivity index is 2.05. The minimum Gasteiger partial charge on any atom is -0.382 e. The molecule has 4 atom stereocenters. The molecule has 0 bridgehead atoms. The average Bonchev–Trinajstić information content (AvgIpc) is 3.37. The van der Waals surface area contributed by atoms with E-state index in [2.05, 4.69) is 37.4 Å². The number of hydrogen-bond acceptors (Lipinski definition) is 8. The van der Waals surface area contributed by atoms with Crippen molar-refractivity contribution in [2.75, 3.05) is 32.2 Å². The molecule has 1 unspecified atom stereocenters. The molecule has 2 aromatic heterocycles. The molecule has 0 spiro atoms. The number of nitrogens with zero attached hydrogens (tertiary/aromatic N) is 3. The number of aromatic nitrogens is 3. The van der Waals surface area contributed by atoms with Crippen molar-refractivity contribution in [1.29, 1.82) is 0 Å². The van der Waals surface area contributed by atoms with Crippen LogP contribution in [0.5, 0.6) is 0 Å². The maximum atomic E-state index is 12.1. The van der Waals surface area contributed by atoms with E-state index in [1.54, 1.807) is 22.7 Å². The highest BCUT2D eigenvalue weighted by molar-refractivity contribution is 5.65. The molecule has 0 saturated carbocycles. The van der Waals surface area contributed by atoms with Crippen molar-refractivity contribution < 1.29 is 24.1 Å². The highest BCUT2D eigenvalue weighted by Gasteiger charge is 2.64. The molecule has 3 rings (SSSR count). The van der Waals surface area contributed by atoms with Crippen molar-refractivity contribution in [3.05, 3.63) is 36.8 Å². The van der Waals surface area contributed by atoms with E-state index in [1.165, 1.54) is 6.33 Å². The van der Waals surface area contributed by atoms with E-state index in [4.69, 9.17) is 24.7 Å². The van der Waals surface area contributed by atoms with Gasteiger partial charge >= 0.3 is 0 Å². The van der Waals surface area contributed by atoms with Crippen molar-refractivity contribution in [3.63, 3.8) is 0 Å². The monoisotopic (exact) mass is 476 g/mol. The van der Waals surface area contributed by atoms with E-state index in [0.29, 0.717) is 36.8 Å². The van der Waals surface area contributed by atoms with Crippen LogP contribution in [0.25, 0.3) is 5.52 Å². The number of unbranched alkanes of at least 4 members (excludes halogenated alkanes) is 3.